The smallest absolute Gasteiger partial charge is 0.131 e. The van der Waals surface area contributed by atoms with E-state index in [1.54, 1.807) is 11.3 Å². The van der Waals surface area contributed by atoms with Crippen molar-refractivity contribution < 1.29 is 4.74 Å². The fraction of sp³-hybridized carbons (Fsp3) is 0.250. The number of thiazole rings is 1. The van der Waals surface area contributed by atoms with Crippen LogP contribution in [0.2, 0.25) is 5.02 Å². The summed E-state index contributed by atoms with van der Waals surface area (Å²) in [5, 5.41) is 6.87. The molecule has 0 unspecified atom stereocenters. The predicted octanol–water partition coefficient (Wildman–Crippen LogP) is 3.09. The largest absolute Gasteiger partial charge is 0.487 e. The number of nitrogens with zero attached hydrogens (tertiary/aromatic N) is 1. The number of ether oxygens (including phenoxy) is 1. The first-order valence-corrected chi connectivity index (χ1v) is 6.50. The molecular formula is C12H13ClN2OS. The molecule has 5 heteroatoms. The van der Waals surface area contributed by atoms with E-state index in [9.17, 15) is 0 Å². The van der Waals surface area contributed by atoms with Gasteiger partial charge in [0.2, 0.25) is 0 Å². The van der Waals surface area contributed by atoms with Crippen LogP contribution in [0.4, 0.5) is 0 Å². The lowest BCUT2D eigenvalue weighted by molar-refractivity contribution is 0.302. The maximum atomic E-state index is 5.79. The monoisotopic (exact) mass is 268 g/mol. The van der Waals surface area contributed by atoms with Crippen LogP contribution in [0.1, 0.15) is 10.7 Å². The van der Waals surface area contributed by atoms with Gasteiger partial charge in [0, 0.05) is 16.9 Å². The molecule has 0 amide bonds. The molecule has 0 fully saturated rings. The standard InChI is InChI=1S/C12H13ClN2OS/c1-14-6-12-15-10(8-17-12)7-16-11-4-2-9(13)3-5-11/h2-5,8,14H,6-7H2,1H3. The van der Waals surface area contributed by atoms with Gasteiger partial charge in [0.05, 0.1) is 5.69 Å². The second-order valence-electron chi connectivity index (χ2n) is 3.51. The number of rotatable bonds is 5. The van der Waals surface area contributed by atoms with Crippen molar-refractivity contribution in [1.29, 1.82) is 0 Å². The van der Waals surface area contributed by atoms with Crippen LogP contribution in [0.25, 0.3) is 0 Å². The Balaban J connectivity index is 1.90. The molecule has 2 aromatic rings. The molecule has 0 saturated heterocycles. The van der Waals surface area contributed by atoms with Crippen molar-refractivity contribution in [2.45, 2.75) is 13.2 Å². The summed E-state index contributed by atoms with van der Waals surface area (Å²) in [4.78, 5) is 4.44. The predicted molar refractivity (Wildman–Crippen MR) is 70.7 cm³/mol. The quantitative estimate of drug-likeness (QED) is 0.905. The van der Waals surface area contributed by atoms with Crippen molar-refractivity contribution in [3.63, 3.8) is 0 Å². The third-order valence-electron chi connectivity index (χ3n) is 2.13. The van der Waals surface area contributed by atoms with Crippen molar-refractivity contribution in [2.24, 2.45) is 0 Å². The molecule has 1 N–H and O–H groups in total. The fourth-order valence-corrected chi connectivity index (χ4v) is 2.25. The maximum Gasteiger partial charge on any atom is 0.131 e. The number of hydrogen-bond donors (Lipinski definition) is 1. The molecule has 0 bridgehead atoms. The number of aromatic nitrogens is 1. The Kier molecular flexibility index (Phi) is 4.36. The second-order valence-corrected chi connectivity index (χ2v) is 4.88. The zero-order valence-electron chi connectivity index (χ0n) is 9.44. The molecular weight excluding hydrogens is 256 g/mol. The van der Waals surface area contributed by atoms with Gasteiger partial charge in [-0.25, -0.2) is 4.98 Å². The number of benzene rings is 1. The maximum absolute atomic E-state index is 5.79. The average Bonchev–Trinajstić information content (AvgIpc) is 2.77. The van der Waals surface area contributed by atoms with Gasteiger partial charge < -0.3 is 10.1 Å². The number of nitrogens with one attached hydrogen (secondary N) is 1. The first-order chi connectivity index (χ1) is 8.28. The van der Waals surface area contributed by atoms with Crippen LogP contribution < -0.4 is 10.1 Å². The lowest BCUT2D eigenvalue weighted by Gasteiger charge is -2.03. The molecule has 0 atom stereocenters. The molecule has 1 heterocycles. The van der Waals surface area contributed by atoms with E-state index in [2.05, 4.69) is 10.3 Å². The van der Waals surface area contributed by atoms with Crippen LogP contribution in [0.15, 0.2) is 29.6 Å². The lowest BCUT2D eigenvalue weighted by atomic mass is 10.3. The molecule has 1 aromatic carbocycles. The molecule has 90 valence electrons. The summed E-state index contributed by atoms with van der Waals surface area (Å²) in [7, 11) is 1.91. The first kappa shape index (κ1) is 12.4. The summed E-state index contributed by atoms with van der Waals surface area (Å²) in [5.74, 6) is 0.803. The highest BCUT2D eigenvalue weighted by atomic mass is 35.5. The summed E-state index contributed by atoms with van der Waals surface area (Å²) in [6.07, 6.45) is 0. The van der Waals surface area contributed by atoms with Crippen molar-refractivity contribution >= 4 is 22.9 Å². The Labute approximate surface area is 109 Å². The molecule has 0 aliphatic heterocycles. The van der Waals surface area contributed by atoms with E-state index in [0.717, 1.165) is 23.0 Å². The van der Waals surface area contributed by atoms with E-state index in [0.29, 0.717) is 11.6 Å². The molecule has 0 saturated carbocycles. The topological polar surface area (TPSA) is 34.2 Å². The van der Waals surface area contributed by atoms with Gasteiger partial charge >= 0.3 is 0 Å². The van der Waals surface area contributed by atoms with E-state index in [1.807, 2.05) is 36.7 Å². The Bertz CT molecular complexity index is 470. The van der Waals surface area contributed by atoms with Gasteiger partial charge in [-0.1, -0.05) is 11.6 Å². The minimum Gasteiger partial charge on any atom is -0.487 e. The zero-order chi connectivity index (χ0) is 12.1. The summed E-state index contributed by atoms with van der Waals surface area (Å²) in [5.41, 5.74) is 0.954. The Hall–Kier alpha value is -1.10. The van der Waals surface area contributed by atoms with E-state index in [-0.39, 0.29) is 0 Å². The minimum atomic E-state index is 0.488. The Morgan fingerprint density at radius 3 is 2.82 bits per heavy atom. The highest BCUT2D eigenvalue weighted by Crippen LogP contribution is 2.17. The summed E-state index contributed by atoms with van der Waals surface area (Å²) >= 11 is 7.43. The normalized spacial score (nSPS) is 10.5. The SMILES string of the molecule is CNCc1nc(COc2ccc(Cl)cc2)cs1. The lowest BCUT2D eigenvalue weighted by Crippen LogP contribution is -2.05. The third kappa shape index (κ3) is 3.70. The number of halogens is 1. The van der Waals surface area contributed by atoms with Crippen molar-refractivity contribution in [3.8, 4) is 5.75 Å². The van der Waals surface area contributed by atoms with Crippen LogP contribution in [-0.4, -0.2) is 12.0 Å². The molecule has 0 spiro atoms. The third-order valence-corrected chi connectivity index (χ3v) is 3.28. The van der Waals surface area contributed by atoms with Crippen molar-refractivity contribution in [2.75, 3.05) is 7.05 Å². The highest BCUT2D eigenvalue weighted by molar-refractivity contribution is 7.09. The van der Waals surface area contributed by atoms with Gasteiger partial charge in [-0.3, -0.25) is 0 Å². The van der Waals surface area contributed by atoms with Crippen molar-refractivity contribution in [1.82, 2.24) is 10.3 Å². The summed E-state index contributed by atoms with van der Waals surface area (Å²) < 4.78 is 5.60. The van der Waals surface area contributed by atoms with E-state index < -0.39 is 0 Å². The summed E-state index contributed by atoms with van der Waals surface area (Å²) in [6, 6.07) is 7.32. The molecule has 17 heavy (non-hydrogen) atoms. The Morgan fingerprint density at radius 2 is 2.12 bits per heavy atom. The number of hydrogen-bond acceptors (Lipinski definition) is 4. The second kappa shape index (κ2) is 6.00. The highest BCUT2D eigenvalue weighted by Gasteiger charge is 2.02. The van der Waals surface area contributed by atoms with E-state index in [4.69, 9.17) is 16.3 Å². The van der Waals surface area contributed by atoms with E-state index >= 15 is 0 Å². The summed E-state index contributed by atoms with van der Waals surface area (Å²) in [6.45, 7) is 1.29. The Morgan fingerprint density at radius 1 is 1.35 bits per heavy atom. The molecule has 2 rings (SSSR count). The van der Waals surface area contributed by atoms with Crippen LogP contribution in [0.5, 0.6) is 5.75 Å². The van der Waals surface area contributed by atoms with Gasteiger partial charge in [0.15, 0.2) is 0 Å². The zero-order valence-corrected chi connectivity index (χ0v) is 11.0. The average molecular weight is 269 g/mol. The van der Waals surface area contributed by atoms with Gasteiger partial charge in [-0.05, 0) is 31.3 Å². The van der Waals surface area contributed by atoms with Crippen LogP contribution in [-0.2, 0) is 13.2 Å². The van der Waals surface area contributed by atoms with Gasteiger partial charge in [-0.2, -0.15) is 0 Å². The van der Waals surface area contributed by atoms with E-state index in [1.165, 1.54) is 0 Å². The first-order valence-electron chi connectivity index (χ1n) is 5.24. The van der Waals surface area contributed by atoms with Gasteiger partial charge in [0.1, 0.15) is 17.4 Å². The van der Waals surface area contributed by atoms with Crippen LogP contribution in [0.3, 0.4) is 0 Å². The fourth-order valence-electron chi connectivity index (χ4n) is 1.34. The minimum absolute atomic E-state index is 0.488. The van der Waals surface area contributed by atoms with Crippen LogP contribution in [0, 0.1) is 0 Å². The van der Waals surface area contributed by atoms with Crippen LogP contribution >= 0.6 is 22.9 Å². The molecule has 0 radical (unpaired) electrons. The van der Waals surface area contributed by atoms with Crippen molar-refractivity contribution in [3.05, 3.63) is 45.4 Å². The molecule has 0 aliphatic carbocycles. The van der Waals surface area contributed by atoms with Gasteiger partial charge in [-0.15, -0.1) is 11.3 Å². The molecule has 0 aliphatic rings. The van der Waals surface area contributed by atoms with Gasteiger partial charge in [0.25, 0.3) is 0 Å². The molecule has 3 nitrogen and oxygen atoms in total. The molecule has 1 aromatic heterocycles.